The van der Waals surface area contributed by atoms with Crippen molar-refractivity contribution in [2.75, 3.05) is 0 Å². The molecule has 0 aromatic heterocycles. The minimum absolute atomic E-state index is 0.327. The SMILES string of the molecule is CC(N)N(Cc1ccccc1)C(=O)O. The van der Waals surface area contributed by atoms with Gasteiger partial charge < -0.3 is 10.8 Å². The average molecular weight is 194 g/mol. The lowest BCUT2D eigenvalue weighted by atomic mass is 10.2. The molecule has 1 unspecified atom stereocenters. The van der Waals surface area contributed by atoms with Crippen molar-refractivity contribution in [3.8, 4) is 0 Å². The Bertz CT molecular complexity index is 298. The molecular weight excluding hydrogens is 180 g/mol. The maximum Gasteiger partial charge on any atom is 0.408 e. The van der Waals surface area contributed by atoms with E-state index >= 15 is 0 Å². The van der Waals surface area contributed by atoms with E-state index in [9.17, 15) is 4.79 Å². The zero-order valence-electron chi connectivity index (χ0n) is 8.05. The Kier molecular flexibility index (Phi) is 3.48. The van der Waals surface area contributed by atoms with Crippen molar-refractivity contribution in [3.05, 3.63) is 35.9 Å². The molecule has 1 aromatic rings. The Morgan fingerprint density at radius 3 is 2.50 bits per heavy atom. The van der Waals surface area contributed by atoms with Crippen LogP contribution in [0, 0.1) is 0 Å². The molecule has 14 heavy (non-hydrogen) atoms. The van der Waals surface area contributed by atoms with Crippen LogP contribution in [0.5, 0.6) is 0 Å². The van der Waals surface area contributed by atoms with Gasteiger partial charge in [-0.25, -0.2) is 4.79 Å². The van der Waals surface area contributed by atoms with Gasteiger partial charge in [-0.2, -0.15) is 0 Å². The van der Waals surface area contributed by atoms with Crippen LogP contribution in [-0.4, -0.2) is 22.3 Å². The van der Waals surface area contributed by atoms with Gasteiger partial charge in [0.1, 0.15) is 0 Å². The molecule has 4 nitrogen and oxygen atoms in total. The van der Waals surface area contributed by atoms with Crippen molar-refractivity contribution < 1.29 is 9.90 Å². The fourth-order valence-corrected chi connectivity index (χ4v) is 1.17. The molecule has 1 atom stereocenters. The maximum atomic E-state index is 10.8. The van der Waals surface area contributed by atoms with Crippen LogP contribution in [-0.2, 0) is 6.54 Å². The summed E-state index contributed by atoms with van der Waals surface area (Å²) in [6.07, 6.45) is -1.49. The number of carbonyl (C=O) groups is 1. The van der Waals surface area contributed by atoms with E-state index in [2.05, 4.69) is 0 Å². The molecular formula is C10H14N2O2. The first-order chi connectivity index (χ1) is 6.61. The third-order valence-corrected chi connectivity index (χ3v) is 1.93. The van der Waals surface area contributed by atoms with E-state index in [0.29, 0.717) is 6.54 Å². The topological polar surface area (TPSA) is 66.6 Å². The number of nitrogens with zero attached hydrogens (tertiary/aromatic N) is 1. The number of hydrogen-bond donors (Lipinski definition) is 2. The molecule has 1 aromatic carbocycles. The summed E-state index contributed by atoms with van der Waals surface area (Å²) < 4.78 is 0. The predicted molar refractivity (Wildman–Crippen MR) is 53.7 cm³/mol. The summed E-state index contributed by atoms with van der Waals surface area (Å²) in [7, 11) is 0. The monoisotopic (exact) mass is 194 g/mol. The van der Waals surface area contributed by atoms with Crippen LogP contribution in [0.3, 0.4) is 0 Å². The summed E-state index contributed by atoms with van der Waals surface area (Å²) in [5.74, 6) is 0. The molecule has 4 heteroatoms. The van der Waals surface area contributed by atoms with E-state index in [1.807, 2.05) is 30.3 Å². The Morgan fingerprint density at radius 1 is 1.50 bits per heavy atom. The normalized spacial score (nSPS) is 12.1. The lowest BCUT2D eigenvalue weighted by molar-refractivity contribution is 0.126. The van der Waals surface area contributed by atoms with Crippen molar-refractivity contribution in [2.45, 2.75) is 19.6 Å². The third kappa shape index (κ3) is 2.74. The smallest absolute Gasteiger partial charge is 0.408 e. The summed E-state index contributed by atoms with van der Waals surface area (Å²) >= 11 is 0. The molecule has 76 valence electrons. The van der Waals surface area contributed by atoms with Gasteiger partial charge in [-0.1, -0.05) is 30.3 Å². The quantitative estimate of drug-likeness (QED) is 0.716. The molecule has 0 radical (unpaired) electrons. The second kappa shape index (κ2) is 4.62. The molecule has 0 saturated heterocycles. The molecule has 1 rings (SSSR count). The maximum absolute atomic E-state index is 10.8. The summed E-state index contributed by atoms with van der Waals surface area (Å²) in [4.78, 5) is 12.0. The molecule has 0 heterocycles. The Morgan fingerprint density at radius 2 is 2.07 bits per heavy atom. The van der Waals surface area contributed by atoms with Crippen LogP contribution in [0.25, 0.3) is 0 Å². The molecule has 0 aliphatic heterocycles. The highest BCUT2D eigenvalue weighted by Crippen LogP contribution is 2.05. The lowest BCUT2D eigenvalue weighted by Crippen LogP contribution is -2.42. The Hall–Kier alpha value is -1.55. The number of carboxylic acid groups (broad SMARTS) is 1. The van der Waals surface area contributed by atoms with Crippen molar-refractivity contribution in [1.29, 1.82) is 0 Å². The van der Waals surface area contributed by atoms with E-state index in [4.69, 9.17) is 10.8 Å². The largest absolute Gasteiger partial charge is 0.465 e. The highest BCUT2D eigenvalue weighted by Gasteiger charge is 2.15. The van der Waals surface area contributed by atoms with Gasteiger partial charge in [0.25, 0.3) is 0 Å². The predicted octanol–water partition coefficient (Wildman–Crippen LogP) is 1.47. The van der Waals surface area contributed by atoms with Crippen LogP contribution >= 0.6 is 0 Å². The Balaban J connectivity index is 2.70. The standard InChI is InChI=1S/C10H14N2O2/c1-8(11)12(10(13)14)7-9-5-3-2-4-6-9/h2-6,8H,7,11H2,1H3,(H,13,14). The van der Waals surface area contributed by atoms with Crippen LogP contribution in [0.4, 0.5) is 4.79 Å². The Labute approximate surface area is 82.9 Å². The molecule has 0 aliphatic carbocycles. The third-order valence-electron chi connectivity index (χ3n) is 1.93. The summed E-state index contributed by atoms with van der Waals surface area (Å²) in [6.45, 7) is 1.98. The van der Waals surface area contributed by atoms with Crippen molar-refractivity contribution >= 4 is 6.09 Å². The van der Waals surface area contributed by atoms with Crippen molar-refractivity contribution in [1.82, 2.24) is 4.90 Å². The van der Waals surface area contributed by atoms with Gasteiger partial charge >= 0.3 is 6.09 Å². The van der Waals surface area contributed by atoms with Gasteiger partial charge in [0, 0.05) is 0 Å². The van der Waals surface area contributed by atoms with Crippen LogP contribution < -0.4 is 5.73 Å². The zero-order chi connectivity index (χ0) is 10.6. The van der Waals surface area contributed by atoms with Crippen LogP contribution in [0.2, 0.25) is 0 Å². The zero-order valence-corrected chi connectivity index (χ0v) is 8.05. The van der Waals surface area contributed by atoms with E-state index < -0.39 is 12.3 Å². The van der Waals surface area contributed by atoms with Crippen molar-refractivity contribution in [3.63, 3.8) is 0 Å². The first-order valence-electron chi connectivity index (χ1n) is 4.40. The molecule has 0 saturated carbocycles. The first-order valence-corrected chi connectivity index (χ1v) is 4.40. The first kappa shape index (κ1) is 10.5. The van der Waals surface area contributed by atoms with E-state index in [0.717, 1.165) is 5.56 Å². The summed E-state index contributed by atoms with van der Waals surface area (Å²) in [5.41, 5.74) is 6.47. The molecule has 0 bridgehead atoms. The second-order valence-corrected chi connectivity index (χ2v) is 3.14. The fourth-order valence-electron chi connectivity index (χ4n) is 1.17. The molecule has 0 spiro atoms. The van der Waals surface area contributed by atoms with E-state index in [1.54, 1.807) is 6.92 Å². The summed E-state index contributed by atoms with van der Waals surface area (Å²) in [5, 5.41) is 8.85. The second-order valence-electron chi connectivity index (χ2n) is 3.14. The van der Waals surface area contributed by atoms with E-state index in [-0.39, 0.29) is 0 Å². The van der Waals surface area contributed by atoms with Crippen molar-refractivity contribution in [2.24, 2.45) is 5.73 Å². The fraction of sp³-hybridized carbons (Fsp3) is 0.300. The molecule has 3 N–H and O–H groups in total. The van der Waals surface area contributed by atoms with Crippen LogP contribution in [0.1, 0.15) is 12.5 Å². The van der Waals surface area contributed by atoms with Gasteiger partial charge in [0.05, 0.1) is 12.7 Å². The van der Waals surface area contributed by atoms with Gasteiger partial charge in [0.15, 0.2) is 0 Å². The van der Waals surface area contributed by atoms with Gasteiger partial charge in [0.2, 0.25) is 0 Å². The number of rotatable bonds is 3. The highest BCUT2D eigenvalue weighted by atomic mass is 16.4. The van der Waals surface area contributed by atoms with E-state index in [1.165, 1.54) is 4.90 Å². The minimum Gasteiger partial charge on any atom is -0.465 e. The molecule has 0 aliphatic rings. The molecule has 0 fully saturated rings. The highest BCUT2D eigenvalue weighted by molar-refractivity contribution is 5.65. The van der Waals surface area contributed by atoms with Gasteiger partial charge in [-0.05, 0) is 12.5 Å². The number of amides is 1. The van der Waals surface area contributed by atoms with Crippen LogP contribution in [0.15, 0.2) is 30.3 Å². The average Bonchev–Trinajstić information content (AvgIpc) is 2.15. The van der Waals surface area contributed by atoms with Gasteiger partial charge in [-0.15, -0.1) is 0 Å². The summed E-state index contributed by atoms with van der Waals surface area (Å²) in [6, 6.07) is 9.38. The number of hydrogen-bond acceptors (Lipinski definition) is 2. The number of benzene rings is 1. The molecule has 1 amide bonds. The number of nitrogens with two attached hydrogens (primary N) is 1. The minimum atomic E-state index is -0.996. The van der Waals surface area contributed by atoms with Gasteiger partial charge in [-0.3, -0.25) is 4.90 Å². The lowest BCUT2D eigenvalue weighted by Gasteiger charge is -2.22.